The largest absolute Gasteiger partial charge is 0.382 e. The first kappa shape index (κ1) is 21.6. The molecule has 1 amide bonds. The number of nitrogen functional groups attached to an aromatic ring is 1. The number of nitrogens with two attached hydrogens (primary N) is 1. The highest BCUT2D eigenvalue weighted by molar-refractivity contribution is 6.06. The van der Waals surface area contributed by atoms with Crippen molar-refractivity contribution in [1.82, 2.24) is 19.9 Å². The van der Waals surface area contributed by atoms with Crippen LogP contribution in [0.5, 0.6) is 0 Å². The Kier molecular flexibility index (Phi) is 6.25. The molecule has 0 unspecified atom stereocenters. The Morgan fingerprint density at radius 1 is 1.09 bits per heavy atom. The molecule has 0 spiro atoms. The summed E-state index contributed by atoms with van der Waals surface area (Å²) in [6.45, 7) is 3.55. The zero-order valence-corrected chi connectivity index (χ0v) is 18.9. The fraction of sp³-hybridized carbons (Fsp3) is 0.320. The lowest BCUT2D eigenvalue weighted by Crippen LogP contribution is -2.25. The molecular weight excluding hydrogens is 400 g/mol. The van der Waals surface area contributed by atoms with E-state index in [1.54, 1.807) is 0 Å². The van der Waals surface area contributed by atoms with E-state index in [2.05, 4.69) is 27.9 Å². The average molecular weight is 431 g/mol. The van der Waals surface area contributed by atoms with Gasteiger partial charge in [0.15, 0.2) is 5.82 Å². The van der Waals surface area contributed by atoms with Crippen LogP contribution in [0.15, 0.2) is 48.5 Å². The molecule has 3 N–H and O–H groups in total. The van der Waals surface area contributed by atoms with Gasteiger partial charge in [0.25, 0.3) is 5.91 Å². The van der Waals surface area contributed by atoms with Crippen LogP contribution in [0.1, 0.15) is 35.9 Å². The summed E-state index contributed by atoms with van der Waals surface area (Å²) in [5.74, 6) is 1.44. The van der Waals surface area contributed by atoms with Gasteiger partial charge in [0.05, 0.1) is 11.0 Å². The zero-order chi connectivity index (χ0) is 22.7. The molecule has 0 bridgehead atoms. The highest BCUT2D eigenvalue weighted by Gasteiger charge is 2.16. The number of rotatable bonds is 8. The summed E-state index contributed by atoms with van der Waals surface area (Å²) in [7, 11) is 3.93. The number of aromatic nitrogens is 3. The number of benzene rings is 2. The molecule has 0 radical (unpaired) electrons. The number of imidazole rings is 1. The van der Waals surface area contributed by atoms with Crippen LogP contribution in [0.2, 0.25) is 0 Å². The summed E-state index contributed by atoms with van der Waals surface area (Å²) in [5, 5.41) is 4.10. The minimum atomic E-state index is -0.0409. The topological polar surface area (TPSA) is 89.1 Å². The van der Waals surface area contributed by atoms with Crippen LogP contribution in [0.3, 0.4) is 0 Å². The average Bonchev–Trinajstić information content (AvgIpc) is 3.18. The fourth-order valence-electron chi connectivity index (χ4n) is 4.04. The fourth-order valence-corrected chi connectivity index (χ4v) is 4.04. The number of carbonyl (C=O) groups excluding carboxylic acids is 1. The molecule has 166 valence electrons. The second kappa shape index (κ2) is 9.26. The van der Waals surface area contributed by atoms with E-state index in [1.807, 2.05) is 61.5 Å². The molecule has 0 atom stereocenters. The first-order chi connectivity index (χ1) is 15.5. The van der Waals surface area contributed by atoms with Crippen LogP contribution in [-0.2, 0) is 13.0 Å². The Labute approximate surface area is 188 Å². The Hall–Kier alpha value is -3.61. The molecule has 0 saturated heterocycles. The summed E-state index contributed by atoms with van der Waals surface area (Å²) in [4.78, 5) is 23.8. The Bertz CT molecular complexity index is 1260. The minimum Gasteiger partial charge on any atom is -0.382 e. The normalized spacial score (nSPS) is 11.2. The predicted molar refractivity (Wildman–Crippen MR) is 131 cm³/mol. The summed E-state index contributed by atoms with van der Waals surface area (Å²) in [6.07, 6.45) is 2.62. The van der Waals surface area contributed by atoms with Gasteiger partial charge >= 0.3 is 0 Å². The summed E-state index contributed by atoms with van der Waals surface area (Å²) < 4.78 is 2.26. The van der Waals surface area contributed by atoms with Crippen molar-refractivity contribution in [2.75, 3.05) is 31.3 Å². The molecule has 7 nitrogen and oxygen atoms in total. The molecule has 0 saturated carbocycles. The molecule has 0 aliphatic heterocycles. The van der Waals surface area contributed by atoms with Crippen LogP contribution in [0.25, 0.3) is 21.9 Å². The smallest absolute Gasteiger partial charge is 0.251 e. The number of carbonyl (C=O) groups is 1. The second-order valence-corrected chi connectivity index (χ2v) is 8.15. The van der Waals surface area contributed by atoms with Gasteiger partial charge in [0.1, 0.15) is 11.3 Å². The highest BCUT2D eigenvalue weighted by atomic mass is 16.1. The number of unbranched alkanes of at least 4 members (excludes halogenated alkanes) is 1. The number of aryl methyl sites for hydroxylation is 2. The third-order valence-corrected chi connectivity index (χ3v) is 5.72. The van der Waals surface area contributed by atoms with Crippen molar-refractivity contribution >= 4 is 39.3 Å². The highest BCUT2D eigenvalue weighted by Crippen LogP contribution is 2.29. The van der Waals surface area contributed by atoms with Gasteiger partial charge in [-0.05, 0) is 37.1 Å². The molecule has 32 heavy (non-hydrogen) atoms. The second-order valence-electron chi connectivity index (χ2n) is 8.15. The number of fused-ring (bicyclic) bond motifs is 3. The summed E-state index contributed by atoms with van der Waals surface area (Å²) in [6, 6.07) is 15.7. The molecule has 0 fully saturated rings. The van der Waals surface area contributed by atoms with Crippen molar-refractivity contribution < 1.29 is 4.79 Å². The molecule has 2 aromatic heterocycles. The number of hydrogen-bond donors (Lipinski definition) is 2. The molecule has 0 aliphatic carbocycles. The van der Waals surface area contributed by atoms with Crippen LogP contribution < -0.4 is 16.0 Å². The van der Waals surface area contributed by atoms with E-state index >= 15 is 0 Å². The van der Waals surface area contributed by atoms with Crippen LogP contribution >= 0.6 is 0 Å². The van der Waals surface area contributed by atoms with Crippen LogP contribution in [0, 0.1) is 0 Å². The maximum atomic E-state index is 12.5. The molecule has 0 aliphatic rings. The van der Waals surface area contributed by atoms with Crippen molar-refractivity contribution in [3.05, 3.63) is 59.9 Å². The minimum absolute atomic E-state index is 0.0409. The summed E-state index contributed by atoms with van der Waals surface area (Å²) in [5.41, 5.74) is 10.6. The van der Waals surface area contributed by atoms with Gasteiger partial charge in [0.2, 0.25) is 0 Å². The van der Waals surface area contributed by atoms with Gasteiger partial charge in [-0.3, -0.25) is 4.79 Å². The van der Waals surface area contributed by atoms with E-state index in [-0.39, 0.29) is 5.91 Å². The number of hydrogen-bond acceptors (Lipinski definition) is 5. The maximum absolute atomic E-state index is 12.5. The van der Waals surface area contributed by atoms with Gasteiger partial charge in [0, 0.05) is 50.2 Å². The molecule has 2 aromatic carbocycles. The van der Waals surface area contributed by atoms with E-state index in [1.165, 1.54) is 0 Å². The molecule has 2 heterocycles. The molecule has 4 aromatic rings. The first-order valence-corrected chi connectivity index (χ1v) is 11.1. The lowest BCUT2D eigenvalue weighted by molar-refractivity contribution is 0.0953. The van der Waals surface area contributed by atoms with E-state index in [9.17, 15) is 4.79 Å². The van der Waals surface area contributed by atoms with Crippen molar-refractivity contribution in [3.8, 4) is 0 Å². The van der Waals surface area contributed by atoms with Gasteiger partial charge < -0.3 is 20.5 Å². The maximum Gasteiger partial charge on any atom is 0.251 e. The van der Waals surface area contributed by atoms with Crippen LogP contribution in [-0.4, -0.2) is 41.1 Å². The Morgan fingerprint density at radius 2 is 1.91 bits per heavy atom. The van der Waals surface area contributed by atoms with E-state index in [0.717, 1.165) is 59.3 Å². The summed E-state index contributed by atoms with van der Waals surface area (Å²) >= 11 is 0. The SMILES string of the molecule is CCc1nc2c(N)nc3ccccc3c2n1CCCCNC(=O)c1cccc(N(C)C)c1. The van der Waals surface area contributed by atoms with Crippen molar-refractivity contribution in [1.29, 1.82) is 0 Å². The standard InChI is InChI=1S/C25H30N6O/c1-4-21-29-22-23(19-12-5-6-13-20(19)28-24(22)26)31(21)15-8-7-14-27-25(32)17-10-9-11-18(16-17)30(2)3/h5-6,9-13,16H,4,7-8,14-15H2,1-3H3,(H2,26,28)(H,27,32). The Morgan fingerprint density at radius 3 is 2.69 bits per heavy atom. The third-order valence-electron chi connectivity index (χ3n) is 5.72. The van der Waals surface area contributed by atoms with Crippen molar-refractivity contribution in [2.24, 2.45) is 0 Å². The molecule has 7 heteroatoms. The van der Waals surface area contributed by atoms with Gasteiger partial charge in [-0.1, -0.05) is 31.2 Å². The lowest BCUT2D eigenvalue weighted by Gasteiger charge is -2.13. The van der Waals surface area contributed by atoms with E-state index in [0.29, 0.717) is 17.9 Å². The quantitative estimate of drug-likeness (QED) is 0.412. The monoisotopic (exact) mass is 430 g/mol. The van der Waals surface area contributed by atoms with E-state index in [4.69, 9.17) is 10.7 Å². The lowest BCUT2D eigenvalue weighted by atomic mass is 10.1. The zero-order valence-electron chi connectivity index (χ0n) is 18.9. The van der Waals surface area contributed by atoms with Gasteiger partial charge in [-0.25, -0.2) is 9.97 Å². The van der Waals surface area contributed by atoms with Gasteiger partial charge in [-0.2, -0.15) is 0 Å². The third kappa shape index (κ3) is 4.23. The molecular formula is C25H30N6O. The number of anilines is 2. The van der Waals surface area contributed by atoms with Gasteiger partial charge in [-0.15, -0.1) is 0 Å². The number of amides is 1. The Balaban J connectivity index is 1.44. The number of nitrogens with zero attached hydrogens (tertiary/aromatic N) is 4. The van der Waals surface area contributed by atoms with E-state index < -0.39 is 0 Å². The first-order valence-electron chi connectivity index (χ1n) is 11.1. The number of para-hydroxylation sites is 1. The number of nitrogens with one attached hydrogen (secondary N) is 1. The van der Waals surface area contributed by atoms with Crippen LogP contribution in [0.4, 0.5) is 11.5 Å². The molecule has 4 rings (SSSR count). The predicted octanol–water partition coefficient (Wildman–Crippen LogP) is 4.01. The van der Waals surface area contributed by atoms with Crippen molar-refractivity contribution in [2.45, 2.75) is 32.7 Å². The number of pyridine rings is 1. The van der Waals surface area contributed by atoms with Crippen molar-refractivity contribution in [3.63, 3.8) is 0 Å².